The van der Waals surface area contributed by atoms with E-state index in [2.05, 4.69) is 152 Å². The number of nitrogens with zero attached hydrogens (tertiary/aromatic N) is 5. The quantitative estimate of drug-likeness (QED) is 0.0619. The number of benzene rings is 3. The number of hydrogen-bond acceptors (Lipinski definition) is 8. The van der Waals surface area contributed by atoms with Crippen molar-refractivity contribution in [2.24, 2.45) is 0 Å². The Hall–Kier alpha value is -4.94. The molecule has 0 radical (unpaired) electrons. The molecule has 53 heavy (non-hydrogen) atoms. The minimum Gasteiger partial charge on any atom is -0.473 e. The van der Waals surface area contributed by atoms with Crippen molar-refractivity contribution in [1.29, 1.82) is 0 Å². The summed E-state index contributed by atoms with van der Waals surface area (Å²) < 4.78 is 2.16. The van der Waals surface area contributed by atoms with Gasteiger partial charge >= 0.3 is 11.9 Å². The van der Waals surface area contributed by atoms with E-state index in [-0.39, 0.29) is 0 Å². The van der Waals surface area contributed by atoms with Gasteiger partial charge in [0, 0.05) is 53.6 Å². The first-order valence-electron chi connectivity index (χ1n) is 18.4. The number of carboxylic acid groups (broad SMARTS) is 2. The lowest BCUT2D eigenvalue weighted by Gasteiger charge is -2.22. The van der Waals surface area contributed by atoms with Gasteiger partial charge in [0.2, 0.25) is 0 Å². The van der Waals surface area contributed by atoms with E-state index in [1.807, 2.05) is 6.07 Å². The Morgan fingerprint density at radius 1 is 0.679 bits per heavy atom. The second-order valence-corrected chi connectivity index (χ2v) is 13.6. The predicted molar refractivity (Wildman–Crippen MR) is 213 cm³/mol. The molecule has 0 amide bonds. The number of aromatic nitrogens is 3. The zero-order chi connectivity index (χ0) is 38.3. The molecule has 11 heteroatoms. The third-order valence-electron chi connectivity index (χ3n) is 9.57. The number of fused-ring (bicyclic) bond motifs is 1. The van der Waals surface area contributed by atoms with Gasteiger partial charge in [0.05, 0.1) is 5.69 Å². The summed E-state index contributed by atoms with van der Waals surface area (Å²) in [6, 6.07) is 31.3. The molecule has 0 aliphatic heterocycles. The van der Waals surface area contributed by atoms with E-state index < -0.39 is 11.9 Å². The molecule has 0 saturated carbocycles. The summed E-state index contributed by atoms with van der Waals surface area (Å²) in [6.45, 7) is 8.23. The van der Waals surface area contributed by atoms with E-state index >= 15 is 0 Å². The van der Waals surface area contributed by atoms with Crippen LogP contribution in [0.1, 0.15) is 50.7 Å². The minimum atomic E-state index is -1.82. The van der Waals surface area contributed by atoms with Gasteiger partial charge in [0.25, 0.3) is 0 Å². The topological polar surface area (TPSA) is 136 Å². The van der Waals surface area contributed by atoms with E-state index in [1.54, 1.807) is 0 Å². The maximum atomic E-state index is 9.10. The highest BCUT2D eigenvalue weighted by atomic mass is 16.4. The monoisotopic (exact) mass is 721 g/mol. The van der Waals surface area contributed by atoms with E-state index in [9.17, 15) is 0 Å². The van der Waals surface area contributed by atoms with Crippen molar-refractivity contribution in [1.82, 2.24) is 35.0 Å². The van der Waals surface area contributed by atoms with E-state index in [4.69, 9.17) is 29.8 Å². The Morgan fingerprint density at radius 3 is 1.62 bits per heavy atom. The molecule has 3 aromatic carbocycles. The third kappa shape index (κ3) is 11.8. The van der Waals surface area contributed by atoms with Crippen LogP contribution in [0.25, 0.3) is 39.4 Å². The first-order chi connectivity index (χ1) is 25.5. The zero-order valence-corrected chi connectivity index (χ0v) is 31.9. The fourth-order valence-corrected chi connectivity index (χ4v) is 6.37. The number of hydrogen-bond donors (Lipinski definition) is 4. The van der Waals surface area contributed by atoms with E-state index in [0.29, 0.717) is 12.1 Å². The van der Waals surface area contributed by atoms with Gasteiger partial charge in [-0.3, -0.25) is 0 Å². The normalized spacial score (nSPS) is 12.5. The molecule has 0 aliphatic carbocycles. The average Bonchev–Trinajstić information content (AvgIpc) is 3.59. The standard InChI is InChI=1S/C40H53N7.C2H2O4/c1-7-34(45(3)4)22-25-41-28-30-14-18-32(19-15-30)38-37-24-27-47(36-12-10-9-11-13-36)40(37)44-39(43-38)33-20-16-31(17-21-33)29-42-26-23-35(8-2)46(5)6;3-1(4)2(5)6/h9-21,24,27,34-35,41-42H,7-8,22-23,25-26,28-29H2,1-6H3;(H,3,4)(H,5,6). The smallest absolute Gasteiger partial charge is 0.414 e. The van der Waals surface area contributed by atoms with Crippen molar-refractivity contribution >= 4 is 23.0 Å². The van der Waals surface area contributed by atoms with Crippen LogP contribution in [-0.2, 0) is 22.7 Å². The lowest BCUT2D eigenvalue weighted by Crippen LogP contribution is -2.30. The highest BCUT2D eigenvalue weighted by Crippen LogP contribution is 2.31. The van der Waals surface area contributed by atoms with Crippen LogP contribution in [0.3, 0.4) is 0 Å². The summed E-state index contributed by atoms with van der Waals surface area (Å²) in [5.74, 6) is -2.92. The third-order valence-corrected chi connectivity index (χ3v) is 9.57. The van der Waals surface area contributed by atoms with Crippen LogP contribution in [0.4, 0.5) is 0 Å². The molecule has 0 fully saturated rings. The van der Waals surface area contributed by atoms with Crippen molar-refractivity contribution in [3.05, 3.63) is 102 Å². The molecule has 2 heterocycles. The largest absolute Gasteiger partial charge is 0.473 e. The average molecular weight is 722 g/mol. The number of aliphatic carboxylic acids is 2. The number of nitrogens with one attached hydrogen (secondary N) is 2. The predicted octanol–water partition coefficient (Wildman–Crippen LogP) is 6.55. The van der Waals surface area contributed by atoms with Gasteiger partial charge < -0.3 is 35.2 Å². The summed E-state index contributed by atoms with van der Waals surface area (Å²) in [6.07, 6.45) is 6.73. The maximum absolute atomic E-state index is 9.10. The molecule has 2 atom stereocenters. The van der Waals surface area contributed by atoms with Gasteiger partial charge in [-0.05, 0) is 96.3 Å². The summed E-state index contributed by atoms with van der Waals surface area (Å²) in [7, 11) is 8.66. The van der Waals surface area contributed by atoms with Crippen LogP contribution in [0.15, 0.2) is 91.1 Å². The molecule has 4 N–H and O–H groups in total. The summed E-state index contributed by atoms with van der Waals surface area (Å²) in [5, 5.41) is 23.1. The van der Waals surface area contributed by atoms with Crippen LogP contribution in [-0.4, -0.2) is 99.9 Å². The van der Waals surface area contributed by atoms with Gasteiger partial charge in [0.15, 0.2) is 5.82 Å². The molecule has 5 rings (SSSR count). The molecular weight excluding hydrogens is 667 g/mol. The van der Waals surface area contributed by atoms with Gasteiger partial charge in [0.1, 0.15) is 5.65 Å². The van der Waals surface area contributed by atoms with Gasteiger partial charge in [-0.15, -0.1) is 0 Å². The zero-order valence-electron chi connectivity index (χ0n) is 31.9. The molecule has 0 aliphatic rings. The van der Waals surface area contributed by atoms with E-state index in [1.165, 1.54) is 24.0 Å². The summed E-state index contributed by atoms with van der Waals surface area (Å²) >= 11 is 0. The molecule has 2 aromatic heterocycles. The molecule has 0 saturated heterocycles. The molecule has 5 aromatic rings. The van der Waals surface area contributed by atoms with Crippen molar-refractivity contribution in [2.45, 2.75) is 64.7 Å². The lowest BCUT2D eigenvalue weighted by molar-refractivity contribution is -0.159. The highest BCUT2D eigenvalue weighted by Gasteiger charge is 2.16. The van der Waals surface area contributed by atoms with E-state index in [0.717, 1.165) is 78.4 Å². The second kappa shape index (κ2) is 20.3. The Morgan fingerprint density at radius 2 is 1.17 bits per heavy atom. The first kappa shape index (κ1) is 40.8. The van der Waals surface area contributed by atoms with Gasteiger partial charge in [-0.2, -0.15) is 0 Å². The fourth-order valence-electron chi connectivity index (χ4n) is 6.37. The molecule has 11 nitrogen and oxygen atoms in total. The number of carbonyl (C=O) groups is 2. The maximum Gasteiger partial charge on any atom is 0.414 e. The lowest BCUT2D eigenvalue weighted by atomic mass is 10.1. The van der Waals surface area contributed by atoms with Crippen molar-refractivity contribution in [3.63, 3.8) is 0 Å². The van der Waals surface area contributed by atoms with Gasteiger partial charge in [-0.1, -0.05) is 80.6 Å². The summed E-state index contributed by atoms with van der Waals surface area (Å²) in [4.78, 5) is 33.2. The Labute approximate surface area is 313 Å². The Bertz CT molecular complexity index is 1860. The van der Waals surface area contributed by atoms with Crippen molar-refractivity contribution < 1.29 is 19.8 Å². The first-order valence-corrected chi connectivity index (χ1v) is 18.4. The van der Waals surface area contributed by atoms with Crippen LogP contribution < -0.4 is 10.6 Å². The molecule has 0 spiro atoms. The number of carboxylic acids is 2. The Balaban J connectivity index is 0.000000964. The van der Waals surface area contributed by atoms with Crippen molar-refractivity contribution in [3.8, 4) is 28.3 Å². The fraction of sp³-hybridized carbons (Fsp3) is 0.381. The van der Waals surface area contributed by atoms with Crippen LogP contribution in [0.2, 0.25) is 0 Å². The minimum absolute atomic E-state index is 0.612. The summed E-state index contributed by atoms with van der Waals surface area (Å²) in [5.41, 5.74) is 7.58. The van der Waals surface area contributed by atoms with Crippen molar-refractivity contribution in [2.75, 3.05) is 41.3 Å². The van der Waals surface area contributed by atoms with Crippen LogP contribution in [0.5, 0.6) is 0 Å². The molecule has 2 unspecified atom stereocenters. The Kier molecular flexibility index (Phi) is 15.7. The molecular formula is C42H55N7O4. The highest BCUT2D eigenvalue weighted by molar-refractivity contribution is 6.27. The number of para-hydroxylation sites is 1. The van der Waals surface area contributed by atoms with Crippen LogP contribution >= 0.6 is 0 Å². The second-order valence-electron chi connectivity index (χ2n) is 13.6. The van der Waals surface area contributed by atoms with Crippen LogP contribution in [0, 0.1) is 0 Å². The molecule has 0 bridgehead atoms. The molecule has 282 valence electrons. The van der Waals surface area contributed by atoms with Gasteiger partial charge in [-0.25, -0.2) is 19.6 Å². The SMILES string of the molecule is CCC(CCNCc1ccc(-c2nc(-c3ccc(CNCCC(CC)N(C)C)cc3)c3ccn(-c4ccccc4)c3n2)cc1)N(C)C.O=C(O)C(=O)O. The number of rotatable bonds is 17.